The van der Waals surface area contributed by atoms with Crippen LogP contribution >= 0.6 is 0 Å². The lowest BCUT2D eigenvalue weighted by molar-refractivity contribution is -0.138. The van der Waals surface area contributed by atoms with Gasteiger partial charge >= 0.3 is 11.9 Å². The number of carboxylic acids is 2. The first kappa shape index (κ1) is 39.8. The fourth-order valence-corrected chi connectivity index (χ4v) is 6.83. The number of para-hydroxylation sites is 2. The van der Waals surface area contributed by atoms with E-state index in [9.17, 15) is 19.2 Å². The molecular formula is C40H52N8O6. The highest BCUT2D eigenvalue weighted by atomic mass is 16.4. The minimum absolute atomic E-state index is 0.105. The standard InChI is InChI=1S/C40H52N8O6/c49-33(50)25-13-9-5-1-3-7-11-19-27-41-35-37(47-31-23-17-15-21-29(31)43-45-47)40(54)36(42-28-20-12-8-4-2-6-10-14-26-34(51)52)38(39(35)53)48-32-24-18-16-22-30(32)44-46-48/h15-18,21-24,41-42H,1-14,19-20,25-28H2,(H,49,50)(H,51,52). The minimum atomic E-state index is -0.747. The van der Waals surface area contributed by atoms with Crippen molar-refractivity contribution in [2.24, 2.45) is 0 Å². The number of rotatable bonds is 26. The third kappa shape index (κ3) is 10.8. The Labute approximate surface area is 315 Å². The molecule has 1 aliphatic rings. The molecule has 4 aromatic rings. The first-order valence-electron chi connectivity index (χ1n) is 19.5. The second-order valence-electron chi connectivity index (χ2n) is 13.9. The van der Waals surface area contributed by atoms with E-state index < -0.39 is 23.5 Å². The Bertz CT molecular complexity index is 1820. The normalized spacial score (nSPS) is 13.4. The molecule has 5 rings (SSSR count). The summed E-state index contributed by atoms with van der Waals surface area (Å²) in [5, 5.41) is 41.6. The van der Waals surface area contributed by atoms with E-state index in [1.54, 1.807) is 0 Å². The molecule has 2 aromatic carbocycles. The molecule has 0 atom stereocenters. The van der Waals surface area contributed by atoms with Gasteiger partial charge in [-0.15, -0.1) is 10.2 Å². The number of nitrogens with zero attached hydrogens (tertiary/aromatic N) is 6. The highest BCUT2D eigenvalue weighted by Crippen LogP contribution is 2.31. The Balaban J connectivity index is 1.30. The fourth-order valence-electron chi connectivity index (χ4n) is 6.83. The van der Waals surface area contributed by atoms with E-state index in [1.165, 1.54) is 9.36 Å². The average molecular weight is 741 g/mol. The van der Waals surface area contributed by atoms with Crippen LogP contribution in [0.3, 0.4) is 0 Å². The topological polar surface area (TPSA) is 194 Å². The molecule has 4 N–H and O–H groups in total. The van der Waals surface area contributed by atoms with Crippen molar-refractivity contribution in [2.45, 2.75) is 116 Å². The monoisotopic (exact) mass is 740 g/mol. The molecule has 14 nitrogen and oxygen atoms in total. The molecule has 0 spiro atoms. The van der Waals surface area contributed by atoms with Crippen LogP contribution in [0.5, 0.6) is 0 Å². The summed E-state index contributed by atoms with van der Waals surface area (Å²) < 4.78 is 2.91. The highest BCUT2D eigenvalue weighted by molar-refractivity contribution is 6.44. The Hall–Kier alpha value is -5.40. The van der Waals surface area contributed by atoms with Gasteiger partial charge in [0.1, 0.15) is 33.8 Å². The molecule has 0 radical (unpaired) electrons. The second kappa shape index (κ2) is 20.7. The number of hydrogen-bond donors (Lipinski definition) is 4. The molecule has 2 heterocycles. The average Bonchev–Trinajstić information content (AvgIpc) is 3.79. The third-order valence-electron chi connectivity index (χ3n) is 9.72. The number of fused-ring (bicyclic) bond motifs is 2. The summed E-state index contributed by atoms with van der Waals surface area (Å²) in [6, 6.07) is 14.6. The van der Waals surface area contributed by atoms with Gasteiger partial charge in [-0.3, -0.25) is 19.2 Å². The van der Waals surface area contributed by atoms with Crippen LogP contribution in [0.1, 0.15) is 116 Å². The SMILES string of the molecule is O=C(O)CCCCCCCCCCNC1=C(n2nnc3ccccc32)C(=O)C(NCCCCCCCCCCC(=O)O)=C(n2nnc3ccccc32)C1=O. The summed E-state index contributed by atoms with van der Waals surface area (Å²) in [4.78, 5) is 50.9. The number of aliphatic carboxylic acids is 2. The zero-order valence-electron chi connectivity index (χ0n) is 31.0. The zero-order chi connectivity index (χ0) is 38.1. The molecular weight excluding hydrogens is 688 g/mol. The van der Waals surface area contributed by atoms with Crippen molar-refractivity contribution in [3.05, 3.63) is 59.9 Å². The predicted molar refractivity (Wildman–Crippen MR) is 206 cm³/mol. The number of unbranched alkanes of at least 4 members (excludes halogenated alkanes) is 14. The van der Waals surface area contributed by atoms with E-state index in [2.05, 4.69) is 31.3 Å². The number of ketones is 2. The lowest BCUT2D eigenvalue weighted by Crippen LogP contribution is -2.39. The van der Waals surface area contributed by atoms with Crippen LogP contribution < -0.4 is 10.6 Å². The highest BCUT2D eigenvalue weighted by Gasteiger charge is 2.39. The van der Waals surface area contributed by atoms with Gasteiger partial charge in [0.05, 0.1) is 11.0 Å². The van der Waals surface area contributed by atoms with Gasteiger partial charge < -0.3 is 20.8 Å². The van der Waals surface area contributed by atoms with Crippen LogP contribution in [0.4, 0.5) is 0 Å². The molecule has 0 saturated carbocycles. The minimum Gasteiger partial charge on any atom is -0.481 e. The van der Waals surface area contributed by atoms with E-state index in [4.69, 9.17) is 10.2 Å². The molecule has 288 valence electrons. The number of carboxylic acid groups (broad SMARTS) is 2. The maximum absolute atomic E-state index is 14.7. The van der Waals surface area contributed by atoms with Crippen molar-refractivity contribution in [3.63, 3.8) is 0 Å². The van der Waals surface area contributed by atoms with Gasteiger partial charge in [-0.2, -0.15) is 0 Å². The largest absolute Gasteiger partial charge is 0.481 e. The van der Waals surface area contributed by atoms with Crippen molar-refractivity contribution < 1.29 is 29.4 Å². The number of aromatic nitrogens is 6. The molecule has 1 aliphatic carbocycles. The molecule has 0 amide bonds. The van der Waals surface area contributed by atoms with Gasteiger partial charge in [-0.05, 0) is 49.9 Å². The number of benzene rings is 2. The Morgan fingerprint density at radius 2 is 0.833 bits per heavy atom. The molecule has 0 fully saturated rings. The van der Waals surface area contributed by atoms with Crippen LogP contribution in [0.15, 0.2) is 59.9 Å². The lowest BCUT2D eigenvalue weighted by Gasteiger charge is -2.25. The molecule has 0 unspecified atom stereocenters. The quantitative estimate of drug-likeness (QED) is 0.0392. The molecule has 0 saturated heterocycles. The van der Waals surface area contributed by atoms with Crippen molar-refractivity contribution >= 4 is 57.0 Å². The Morgan fingerprint density at radius 1 is 0.500 bits per heavy atom. The summed E-state index contributed by atoms with van der Waals surface area (Å²) in [5.41, 5.74) is 2.89. The van der Waals surface area contributed by atoms with Gasteiger partial charge in [0.15, 0.2) is 0 Å². The molecule has 54 heavy (non-hydrogen) atoms. The first-order chi connectivity index (χ1) is 26.4. The number of Topliss-reactive ketones (excluding diaryl/α,β-unsaturated/α-hetero) is 2. The lowest BCUT2D eigenvalue weighted by atomic mass is 9.97. The van der Waals surface area contributed by atoms with Crippen molar-refractivity contribution in [3.8, 4) is 0 Å². The fraction of sp³-hybridized carbons (Fsp3) is 0.500. The summed E-state index contributed by atoms with van der Waals surface area (Å²) in [6.07, 6.45) is 15.4. The second-order valence-corrected chi connectivity index (χ2v) is 13.9. The van der Waals surface area contributed by atoms with E-state index in [0.717, 1.165) is 89.9 Å². The maximum atomic E-state index is 14.7. The maximum Gasteiger partial charge on any atom is 0.303 e. The summed E-state index contributed by atoms with van der Waals surface area (Å²) in [6.45, 7) is 0.938. The molecule has 0 aliphatic heterocycles. The van der Waals surface area contributed by atoms with Crippen molar-refractivity contribution in [1.82, 2.24) is 40.6 Å². The predicted octanol–water partition coefficient (Wildman–Crippen LogP) is 6.74. The smallest absolute Gasteiger partial charge is 0.303 e. The zero-order valence-corrected chi connectivity index (χ0v) is 31.0. The van der Waals surface area contributed by atoms with E-state index in [0.29, 0.717) is 48.0 Å². The van der Waals surface area contributed by atoms with E-state index in [-0.39, 0.29) is 35.6 Å². The summed E-state index contributed by atoms with van der Waals surface area (Å²) in [7, 11) is 0. The van der Waals surface area contributed by atoms with Gasteiger partial charge in [-0.1, -0.05) is 112 Å². The van der Waals surface area contributed by atoms with Crippen LogP contribution in [0, 0.1) is 0 Å². The van der Waals surface area contributed by atoms with E-state index in [1.807, 2.05) is 48.5 Å². The van der Waals surface area contributed by atoms with Crippen LogP contribution in [-0.4, -0.2) is 76.8 Å². The molecule has 14 heteroatoms. The van der Waals surface area contributed by atoms with Crippen LogP contribution in [0.2, 0.25) is 0 Å². The van der Waals surface area contributed by atoms with Crippen LogP contribution in [0.25, 0.3) is 33.5 Å². The number of carbonyl (C=O) groups excluding carboxylic acids is 2. The Kier molecular flexibility index (Phi) is 15.3. The third-order valence-corrected chi connectivity index (χ3v) is 9.72. The number of hydrogen-bond acceptors (Lipinski definition) is 10. The number of allylic oxidation sites excluding steroid dienone is 2. The summed E-state index contributed by atoms with van der Waals surface area (Å²) in [5.74, 6) is -2.29. The van der Waals surface area contributed by atoms with Crippen LogP contribution in [-0.2, 0) is 19.2 Å². The van der Waals surface area contributed by atoms with Crippen molar-refractivity contribution in [1.29, 1.82) is 0 Å². The number of nitrogens with one attached hydrogen (secondary N) is 2. The van der Waals surface area contributed by atoms with Crippen molar-refractivity contribution in [2.75, 3.05) is 13.1 Å². The summed E-state index contributed by atoms with van der Waals surface area (Å²) >= 11 is 0. The molecule has 0 bridgehead atoms. The van der Waals surface area contributed by atoms with Gasteiger partial charge in [0, 0.05) is 25.9 Å². The van der Waals surface area contributed by atoms with Gasteiger partial charge in [0.2, 0.25) is 11.6 Å². The Morgan fingerprint density at radius 3 is 1.20 bits per heavy atom. The van der Waals surface area contributed by atoms with Gasteiger partial charge in [-0.25, -0.2) is 9.36 Å². The number of carbonyl (C=O) groups is 4. The molecule has 2 aromatic heterocycles. The first-order valence-corrected chi connectivity index (χ1v) is 19.5. The van der Waals surface area contributed by atoms with E-state index >= 15 is 0 Å². The van der Waals surface area contributed by atoms with Gasteiger partial charge in [0.25, 0.3) is 0 Å².